The van der Waals surface area contributed by atoms with E-state index < -0.39 is 4.92 Å². The van der Waals surface area contributed by atoms with Gasteiger partial charge < -0.3 is 4.74 Å². The highest BCUT2D eigenvalue weighted by Gasteiger charge is 2.11. The van der Waals surface area contributed by atoms with Crippen LogP contribution < -0.4 is 4.74 Å². The molecule has 1 heterocycles. The van der Waals surface area contributed by atoms with Crippen LogP contribution in [0.25, 0.3) is 0 Å². The fourth-order valence-electron chi connectivity index (χ4n) is 1.67. The van der Waals surface area contributed by atoms with Crippen molar-refractivity contribution in [3.05, 3.63) is 50.8 Å². The van der Waals surface area contributed by atoms with E-state index in [4.69, 9.17) is 16.3 Å². The number of aryl methyl sites for hydroxylation is 2. The van der Waals surface area contributed by atoms with Gasteiger partial charge in [-0.3, -0.25) is 14.8 Å². The van der Waals surface area contributed by atoms with Crippen LogP contribution in [0, 0.1) is 17.0 Å². The normalized spacial score (nSPS) is 10.5. The number of hydrogen-bond acceptors (Lipinski definition) is 4. The molecule has 0 amide bonds. The molecule has 2 aromatic rings. The van der Waals surface area contributed by atoms with Crippen molar-refractivity contribution in [2.75, 3.05) is 0 Å². The summed E-state index contributed by atoms with van der Waals surface area (Å²) in [5.74, 6) is 0.408. The Labute approximate surface area is 114 Å². The number of nitro groups is 1. The second-order valence-corrected chi connectivity index (χ2v) is 4.47. The number of nitro benzene ring substituents is 1. The van der Waals surface area contributed by atoms with Gasteiger partial charge in [-0.2, -0.15) is 5.10 Å². The third-order valence-electron chi connectivity index (χ3n) is 2.60. The van der Waals surface area contributed by atoms with Crippen molar-refractivity contribution >= 4 is 17.3 Å². The molecular weight excluding hydrogens is 270 g/mol. The van der Waals surface area contributed by atoms with E-state index in [0.29, 0.717) is 12.4 Å². The topological polar surface area (TPSA) is 70.2 Å². The maximum absolute atomic E-state index is 10.6. The summed E-state index contributed by atoms with van der Waals surface area (Å²) in [7, 11) is 1.82. The van der Waals surface area contributed by atoms with Crippen LogP contribution in [0.1, 0.15) is 11.4 Å². The van der Waals surface area contributed by atoms with E-state index in [1.807, 2.05) is 20.0 Å². The molecule has 0 bridgehead atoms. The average Bonchev–Trinajstić information content (AvgIpc) is 2.66. The monoisotopic (exact) mass is 281 g/mol. The van der Waals surface area contributed by atoms with Crippen molar-refractivity contribution < 1.29 is 9.66 Å². The molecule has 1 aromatic carbocycles. The lowest BCUT2D eigenvalue weighted by Crippen LogP contribution is -2.03. The van der Waals surface area contributed by atoms with Crippen molar-refractivity contribution in [1.29, 1.82) is 0 Å². The van der Waals surface area contributed by atoms with Crippen LogP contribution in [0.4, 0.5) is 5.69 Å². The van der Waals surface area contributed by atoms with Crippen LogP contribution >= 0.6 is 11.6 Å². The summed E-state index contributed by atoms with van der Waals surface area (Å²) in [5.41, 5.74) is 1.73. The zero-order valence-corrected chi connectivity index (χ0v) is 11.2. The van der Waals surface area contributed by atoms with Gasteiger partial charge in [-0.05, 0) is 19.1 Å². The maximum atomic E-state index is 10.6. The smallest absolute Gasteiger partial charge is 0.271 e. The van der Waals surface area contributed by atoms with Gasteiger partial charge in [-0.1, -0.05) is 11.6 Å². The number of aromatic nitrogens is 2. The first-order valence-electron chi connectivity index (χ1n) is 5.53. The Morgan fingerprint density at radius 3 is 2.74 bits per heavy atom. The van der Waals surface area contributed by atoms with Crippen molar-refractivity contribution in [3.8, 4) is 5.75 Å². The van der Waals surface area contributed by atoms with Gasteiger partial charge in [0.2, 0.25) is 0 Å². The molecule has 100 valence electrons. The molecule has 0 radical (unpaired) electrons. The number of ether oxygens (including phenoxy) is 1. The maximum Gasteiger partial charge on any atom is 0.271 e. The SMILES string of the molecule is Cc1cc(COc2ccc([N+](=O)[O-])cc2Cl)n(C)n1. The molecule has 0 N–H and O–H groups in total. The summed E-state index contributed by atoms with van der Waals surface area (Å²) in [5, 5.41) is 15.0. The summed E-state index contributed by atoms with van der Waals surface area (Å²) in [4.78, 5) is 10.1. The van der Waals surface area contributed by atoms with Gasteiger partial charge in [0.1, 0.15) is 12.4 Å². The molecule has 0 aliphatic heterocycles. The largest absolute Gasteiger partial charge is 0.486 e. The van der Waals surface area contributed by atoms with Crippen molar-refractivity contribution in [3.63, 3.8) is 0 Å². The molecule has 0 aliphatic carbocycles. The Balaban J connectivity index is 2.12. The summed E-state index contributed by atoms with van der Waals surface area (Å²) >= 11 is 5.93. The predicted octanol–water partition coefficient (Wildman–Crippen LogP) is 2.87. The molecular formula is C12H12ClN3O3. The van der Waals surface area contributed by atoms with Crippen LogP contribution in [0.2, 0.25) is 5.02 Å². The molecule has 0 saturated carbocycles. The Morgan fingerprint density at radius 1 is 1.47 bits per heavy atom. The van der Waals surface area contributed by atoms with Gasteiger partial charge in [0.05, 0.1) is 21.3 Å². The third kappa shape index (κ3) is 3.03. The van der Waals surface area contributed by atoms with Crippen molar-refractivity contribution in [2.24, 2.45) is 7.05 Å². The highest BCUT2D eigenvalue weighted by atomic mass is 35.5. The van der Waals surface area contributed by atoms with Crippen LogP contribution in [0.3, 0.4) is 0 Å². The Bertz CT molecular complexity index is 625. The minimum absolute atomic E-state index is 0.0614. The van der Waals surface area contributed by atoms with Gasteiger partial charge >= 0.3 is 0 Å². The number of non-ortho nitro benzene ring substituents is 1. The third-order valence-corrected chi connectivity index (χ3v) is 2.90. The summed E-state index contributed by atoms with van der Waals surface area (Å²) in [6.07, 6.45) is 0. The Hall–Kier alpha value is -2.08. The first kappa shape index (κ1) is 13.4. The number of benzene rings is 1. The molecule has 0 aliphatic rings. The highest BCUT2D eigenvalue weighted by Crippen LogP contribution is 2.29. The molecule has 0 atom stereocenters. The van der Waals surface area contributed by atoms with Crippen molar-refractivity contribution in [1.82, 2.24) is 9.78 Å². The Kier molecular flexibility index (Phi) is 3.71. The fourth-order valence-corrected chi connectivity index (χ4v) is 1.90. The van der Waals surface area contributed by atoms with Crippen molar-refractivity contribution in [2.45, 2.75) is 13.5 Å². The standard InChI is InChI=1S/C12H12ClN3O3/c1-8-5-10(15(2)14-8)7-19-12-4-3-9(16(17)18)6-11(12)13/h3-6H,7H2,1-2H3. The predicted molar refractivity (Wildman–Crippen MR) is 70.4 cm³/mol. The summed E-state index contributed by atoms with van der Waals surface area (Å²) in [6.45, 7) is 2.19. The Morgan fingerprint density at radius 2 is 2.21 bits per heavy atom. The van der Waals surface area contributed by atoms with E-state index in [0.717, 1.165) is 11.4 Å². The minimum atomic E-state index is -0.500. The van der Waals surface area contributed by atoms with E-state index in [-0.39, 0.29) is 10.7 Å². The fraction of sp³-hybridized carbons (Fsp3) is 0.250. The van der Waals surface area contributed by atoms with Gasteiger partial charge in [0.25, 0.3) is 5.69 Å². The van der Waals surface area contributed by atoms with E-state index in [1.54, 1.807) is 4.68 Å². The number of rotatable bonds is 4. The molecule has 0 fully saturated rings. The van der Waals surface area contributed by atoms with Crippen LogP contribution in [-0.2, 0) is 13.7 Å². The van der Waals surface area contributed by atoms with Crippen LogP contribution in [0.15, 0.2) is 24.3 Å². The van der Waals surface area contributed by atoms with Crippen LogP contribution in [-0.4, -0.2) is 14.7 Å². The number of halogens is 1. The molecule has 2 rings (SSSR count). The molecule has 0 unspecified atom stereocenters. The van der Waals surface area contributed by atoms with E-state index in [9.17, 15) is 10.1 Å². The zero-order chi connectivity index (χ0) is 14.0. The molecule has 6 nitrogen and oxygen atoms in total. The summed E-state index contributed by atoms with van der Waals surface area (Å²) in [6, 6.07) is 6.02. The number of nitrogens with zero attached hydrogens (tertiary/aromatic N) is 3. The molecule has 19 heavy (non-hydrogen) atoms. The lowest BCUT2D eigenvalue weighted by atomic mass is 10.3. The quantitative estimate of drug-likeness (QED) is 0.638. The van der Waals surface area contributed by atoms with E-state index >= 15 is 0 Å². The lowest BCUT2D eigenvalue weighted by Gasteiger charge is -2.07. The molecule has 0 saturated heterocycles. The minimum Gasteiger partial charge on any atom is -0.486 e. The first-order chi connectivity index (χ1) is 8.97. The average molecular weight is 282 g/mol. The second kappa shape index (κ2) is 5.27. The number of hydrogen-bond donors (Lipinski definition) is 0. The second-order valence-electron chi connectivity index (χ2n) is 4.06. The van der Waals surface area contributed by atoms with Gasteiger partial charge in [-0.25, -0.2) is 0 Å². The van der Waals surface area contributed by atoms with Gasteiger partial charge in [0, 0.05) is 19.2 Å². The molecule has 0 spiro atoms. The summed E-state index contributed by atoms with van der Waals surface area (Å²) < 4.78 is 7.25. The van der Waals surface area contributed by atoms with Gasteiger partial charge in [-0.15, -0.1) is 0 Å². The van der Waals surface area contributed by atoms with Gasteiger partial charge in [0.15, 0.2) is 0 Å². The first-order valence-corrected chi connectivity index (χ1v) is 5.91. The zero-order valence-electron chi connectivity index (χ0n) is 10.5. The molecule has 1 aromatic heterocycles. The van der Waals surface area contributed by atoms with E-state index in [2.05, 4.69) is 5.10 Å². The van der Waals surface area contributed by atoms with E-state index in [1.165, 1.54) is 18.2 Å². The lowest BCUT2D eigenvalue weighted by molar-refractivity contribution is -0.384. The van der Waals surface area contributed by atoms with Crippen LogP contribution in [0.5, 0.6) is 5.75 Å². The highest BCUT2D eigenvalue weighted by molar-refractivity contribution is 6.32. The molecule has 7 heteroatoms.